The van der Waals surface area contributed by atoms with E-state index in [1.165, 1.54) is 13.0 Å². The Morgan fingerprint density at radius 3 is 2.43 bits per heavy atom. The Kier molecular flexibility index (Phi) is 7.44. The molecule has 37 heavy (non-hydrogen) atoms. The van der Waals surface area contributed by atoms with Crippen molar-refractivity contribution >= 4 is 55.5 Å². The van der Waals surface area contributed by atoms with Gasteiger partial charge in [-0.1, -0.05) is 35.9 Å². The molecule has 0 spiro atoms. The second-order valence-electron chi connectivity index (χ2n) is 7.95. The predicted octanol–water partition coefficient (Wildman–Crippen LogP) is 6.82. The van der Waals surface area contributed by atoms with E-state index in [9.17, 15) is 22.9 Å². The average Bonchev–Trinajstić information content (AvgIpc) is 2.86. The summed E-state index contributed by atoms with van der Waals surface area (Å²) in [6.45, 7) is 3.91. The molecule has 0 saturated carbocycles. The lowest BCUT2D eigenvalue weighted by atomic mass is 10.0. The van der Waals surface area contributed by atoms with Crippen molar-refractivity contribution in [2.24, 2.45) is 10.2 Å². The maximum absolute atomic E-state index is 13.1. The maximum Gasteiger partial charge on any atom is 0.296 e. The van der Waals surface area contributed by atoms with Crippen molar-refractivity contribution in [3.05, 3.63) is 82.9 Å². The highest BCUT2D eigenvalue weighted by Gasteiger charge is 2.20. The summed E-state index contributed by atoms with van der Waals surface area (Å²) in [4.78, 5) is 12.6. The number of rotatable bonds is 7. The molecule has 0 saturated heterocycles. The molecule has 0 atom stereocenters. The highest BCUT2D eigenvalue weighted by atomic mass is 35.5. The summed E-state index contributed by atoms with van der Waals surface area (Å²) in [6.07, 6.45) is 0. The van der Waals surface area contributed by atoms with Crippen molar-refractivity contribution in [2.75, 3.05) is 11.9 Å². The van der Waals surface area contributed by atoms with Gasteiger partial charge in [-0.05, 0) is 67.3 Å². The molecule has 11 heteroatoms. The van der Waals surface area contributed by atoms with Crippen LogP contribution in [0.2, 0.25) is 5.02 Å². The normalized spacial score (nSPS) is 11.7. The molecule has 1 amide bonds. The highest BCUT2D eigenvalue weighted by Crippen LogP contribution is 2.40. The summed E-state index contributed by atoms with van der Waals surface area (Å²) in [5.74, 6) is -0.276. The summed E-state index contributed by atoms with van der Waals surface area (Å²) < 4.78 is 37.8. The zero-order chi connectivity index (χ0) is 26.7. The van der Waals surface area contributed by atoms with Crippen LogP contribution in [0.3, 0.4) is 0 Å². The Labute approximate surface area is 218 Å². The van der Waals surface area contributed by atoms with Crippen LogP contribution >= 0.6 is 11.6 Å². The fourth-order valence-corrected chi connectivity index (χ4v) is 4.72. The van der Waals surface area contributed by atoms with Crippen molar-refractivity contribution in [3.8, 4) is 11.5 Å². The lowest BCUT2D eigenvalue weighted by Crippen LogP contribution is -2.12. The zero-order valence-corrected chi connectivity index (χ0v) is 21.3. The molecule has 0 aliphatic heterocycles. The number of ether oxygens (including phenoxy) is 1. The molecule has 0 heterocycles. The SMILES string of the molecule is CCOc1ccc(NC(=O)c2cc3ccccc3c(N=Nc3ccc(S(=O)(=O)O)c(Cl)c3C)c2O)cc1. The lowest BCUT2D eigenvalue weighted by Gasteiger charge is -2.12. The third-order valence-electron chi connectivity index (χ3n) is 5.52. The molecule has 4 rings (SSSR count). The minimum Gasteiger partial charge on any atom is -0.505 e. The number of carbonyl (C=O) groups excluding carboxylic acids is 1. The minimum absolute atomic E-state index is 0.0157. The van der Waals surface area contributed by atoms with Gasteiger partial charge in [0.2, 0.25) is 0 Å². The van der Waals surface area contributed by atoms with E-state index in [0.717, 1.165) is 6.07 Å². The smallest absolute Gasteiger partial charge is 0.296 e. The first-order valence-electron chi connectivity index (χ1n) is 11.1. The summed E-state index contributed by atoms with van der Waals surface area (Å²) >= 11 is 6.11. The number of nitrogens with zero attached hydrogens (tertiary/aromatic N) is 2. The van der Waals surface area contributed by atoms with Crippen LogP contribution in [0.15, 0.2) is 81.9 Å². The summed E-state index contributed by atoms with van der Waals surface area (Å²) in [5, 5.41) is 23.1. The summed E-state index contributed by atoms with van der Waals surface area (Å²) in [7, 11) is -4.52. The Bertz CT molecular complexity index is 1640. The van der Waals surface area contributed by atoms with Gasteiger partial charge in [-0.2, -0.15) is 13.5 Å². The molecule has 3 N–H and O–H groups in total. The molecule has 0 aliphatic carbocycles. The number of nitrogens with one attached hydrogen (secondary N) is 1. The van der Waals surface area contributed by atoms with Gasteiger partial charge in [-0.15, -0.1) is 5.11 Å². The van der Waals surface area contributed by atoms with E-state index < -0.39 is 20.9 Å². The summed E-state index contributed by atoms with van der Waals surface area (Å²) in [6, 6.07) is 17.8. The molecule has 9 nitrogen and oxygen atoms in total. The number of azo groups is 1. The van der Waals surface area contributed by atoms with E-state index in [4.69, 9.17) is 16.3 Å². The average molecular weight is 540 g/mol. The zero-order valence-electron chi connectivity index (χ0n) is 19.8. The van der Waals surface area contributed by atoms with Crippen molar-refractivity contribution in [3.63, 3.8) is 0 Å². The number of aromatic hydroxyl groups is 1. The van der Waals surface area contributed by atoms with E-state index in [-0.39, 0.29) is 33.3 Å². The Morgan fingerprint density at radius 1 is 1.05 bits per heavy atom. The quantitative estimate of drug-likeness (QED) is 0.174. The second kappa shape index (κ2) is 10.6. The number of hydrogen-bond acceptors (Lipinski definition) is 7. The van der Waals surface area contributed by atoms with Gasteiger partial charge in [0.05, 0.1) is 22.9 Å². The first-order valence-corrected chi connectivity index (χ1v) is 12.9. The molecule has 0 aromatic heterocycles. The Hall–Kier alpha value is -3.99. The van der Waals surface area contributed by atoms with Gasteiger partial charge in [-0.3, -0.25) is 9.35 Å². The number of halogens is 1. The molecule has 190 valence electrons. The number of anilines is 1. The molecule has 4 aromatic carbocycles. The first-order chi connectivity index (χ1) is 17.6. The predicted molar refractivity (Wildman–Crippen MR) is 141 cm³/mol. The highest BCUT2D eigenvalue weighted by molar-refractivity contribution is 7.86. The van der Waals surface area contributed by atoms with E-state index in [0.29, 0.717) is 28.8 Å². The van der Waals surface area contributed by atoms with Gasteiger partial charge < -0.3 is 15.2 Å². The molecule has 0 bridgehead atoms. The third kappa shape index (κ3) is 5.56. The van der Waals surface area contributed by atoms with E-state index in [1.54, 1.807) is 54.6 Å². The molecular weight excluding hydrogens is 518 g/mol. The molecule has 0 unspecified atom stereocenters. The topological polar surface area (TPSA) is 138 Å². The van der Waals surface area contributed by atoms with Crippen LogP contribution in [0, 0.1) is 6.92 Å². The van der Waals surface area contributed by atoms with Crippen molar-refractivity contribution < 1.29 is 27.6 Å². The Balaban J connectivity index is 1.73. The lowest BCUT2D eigenvalue weighted by molar-refractivity contribution is 0.102. The third-order valence-corrected chi connectivity index (χ3v) is 7.02. The number of phenolic OH excluding ortho intramolecular Hbond substituents is 1. The van der Waals surface area contributed by atoms with Gasteiger partial charge in [0.1, 0.15) is 16.3 Å². The minimum atomic E-state index is -4.52. The fourth-order valence-electron chi connectivity index (χ4n) is 3.65. The molecule has 0 fully saturated rings. The number of amides is 1. The van der Waals surface area contributed by atoms with Gasteiger partial charge in [0.25, 0.3) is 16.0 Å². The van der Waals surface area contributed by atoms with Crippen LogP contribution in [-0.4, -0.2) is 30.6 Å². The molecule has 0 aliphatic rings. The molecule has 0 radical (unpaired) electrons. The van der Waals surface area contributed by atoms with E-state index in [2.05, 4.69) is 15.5 Å². The standard InChI is InChI=1S/C26H22ClN3O6S/c1-3-36-18-10-8-17(9-11-18)28-26(32)20-14-16-6-4-5-7-19(16)24(25(20)31)30-29-21-12-13-22(37(33,34)35)23(27)15(21)2/h4-14,31H,3H2,1-2H3,(H,28,32)(H,33,34,35). The number of carbonyl (C=O) groups is 1. The van der Waals surface area contributed by atoms with Crippen LogP contribution in [0.4, 0.5) is 17.1 Å². The van der Waals surface area contributed by atoms with Crippen LogP contribution in [0.5, 0.6) is 11.5 Å². The van der Waals surface area contributed by atoms with Crippen LogP contribution in [0.25, 0.3) is 10.8 Å². The van der Waals surface area contributed by atoms with Gasteiger partial charge >= 0.3 is 0 Å². The number of hydrogen-bond donors (Lipinski definition) is 3. The number of phenols is 1. The van der Waals surface area contributed by atoms with Gasteiger partial charge in [0, 0.05) is 11.1 Å². The van der Waals surface area contributed by atoms with Crippen molar-refractivity contribution in [2.45, 2.75) is 18.7 Å². The fraction of sp³-hybridized carbons (Fsp3) is 0.115. The van der Waals surface area contributed by atoms with Gasteiger partial charge in [-0.25, -0.2) is 0 Å². The first kappa shape index (κ1) is 26.1. The second-order valence-corrected chi connectivity index (χ2v) is 9.72. The van der Waals surface area contributed by atoms with Crippen molar-refractivity contribution in [1.82, 2.24) is 0 Å². The van der Waals surface area contributed by atoms with E-state index >= 15 is 0 Å². The van der Waals surface area contributed by atoms with Crippen LogP contribution < -0.4 is 10.1 Å². The molecule has 4 aromatic rings. The van der Waals surface area contributed by atoms with Gasteiger partial charge in [0.15, 0.2) is 5.75 Å². The largest absolute Gasteiger partial charge is 0.505 e. The monoisotopic (exact) mass is 539 g/mol. The summed E-state index contributed by atoms with van der Waals surface area (Å²) in [5.41, 5.74) is 1.01. The van der Waals surface area contributed by atoms with Crippen molar-refractivity contribution in [1.29, 1.82) is 0 Å². The van der Waals surface area contributed by atoms with E-state index in [1.807, 2.05) is 6.92 Å². The maximum atomic E-state index is 13.1. The Morgan fingerprint density at radius 2 is 1.76 bits per heavy atom. The number of fused-ring (bicyclic) bond motifs is 1. The van der Waals surface area contributed by atoms with Crippen LogP contribution in [0.1, 0.15) is 22.8 Å². The number of benzene rings is 4. The van der Waals surface area contributed by atoms with Crippen LogP contribution in [-0.2, 0) is 10.1 Å². The molecular formula is C26H22ClN3O6S.